The Morgan fingerprint density at radius 3 is 2.26 bits per heavy atom. The summed E-state index contributed by atoms with van der Waals surface area (Å²) in [6.45, 7) is 4.10. The number of carbonyl (C=O) groups excluding carboxylic acids is 3. The maximum Gasteiger partial charge on any atom is 0.303 e. The first kappa shape index (κ1) is 19.3. The van der Waals surface area contributed by atoms with E-state index in [1.54, 1.807) is 0 Å². The Labute approximate surface area is 134 Å². The predicted molar refractivity (Wildman–Crippen MR) is 76.0 cm³/mol. The van der Waals surface area contributed by atoms with E-state index in [-0.39, 0.29) is 19.6 Å². The van der Waals surface area contributed by atoms with E-state index in [4.69, 9.17) is 29.4 Å². The minimum absolute atomic E-state index is 0.159. The van der Waals surface area contributed by atoms with E-state index in [0.29, 0.717) is 6.54 Å². The molecule has 0 spiro atoms. The molecule has 0 radical (unpaired) electrons. The number of hydrogen-bond acceptors (Lipinski definition) is 9. The van der Waals surface area contributed by atoms with Gasteiger partial charge < -0.3 is 29.4 Å². The standard InChI is InChI=1S/C14H23NO8/c1-8(16)20-7-12-14(22-10(3)18)11(21-9(2)17)6-13(23-12)19-5-4-15/h11-14H,4-7,15H2,1-3H3/t11-,12-,13?,14+/m1/s1. The van der Waals surface area contributed by atoms with Crippen LogP contribution in [-0.4, -0.2) is 62.3 Å². The second kappa shape index (κ2) is 9.43. The Kier molecular flexibility index (Phi) is 7.93. The van der Waals surface area contributed by atoms with Crippen molar-refractivity contribution in [3.8, 4) is 0 Å². The van der Waals surface area contributed by atoms with Crippen molar-refractivity contribution in [2.45, 2.75) is 51.8 Å². The Morgan fingerprint density at radius 2 is 1.74 bits per heavy atom. The summed E-state index contributed by atoms with van der Waals surface area (Å²) in [6, 6.07) is 0. The van der Waals surface area contributed by atoms with Crippen LogP contribution in [0.1, 0.15) is 27.2 Å². The van der Waals surface area contributed by atoms with Gasteiger partial charge in [-0.05, 0) is 0 Å². The molecule has 0 saturated carbocycles. The number of hydrogen-bond donors (Lipinski definition) is 1. The van der Waals surface area contributed by atoms with Crippen molar-refractivity contribution in [1.82, 2.24) is 0 Å². The van der Waals surface area contributed by atoms with Gasteiger partial charge in [0.1, 0.15) is 18.8 Å². The molecule has 9 heteroatoms. The molecular weight excluding hydrogens is 310 g/mol. The lowest BCUT2D eigenvalue weighted by molar-refractivity contribution is -0.265. The fourth-order valence-electron chi connectivity index (χ4n) is 2.20. The van der Waals surface area contributed by atoms with Crippen molar-refractivity contribution < 1.29 is 38.1 Å². The van der Waals surface area contributed by atoms with E-state index >= 15 is 0 Å². The van der Waals surface area contributed by atoms with Gasteiger partial charge in [0.05, 0.1) is 6.61 Å². The molecule has 0 bridgehead atoms. The summed E-state index contributed by atoms with van der Waals surface area (Å²) in [6.07, 6.45) is -3.02. The molecule has 132 valence electrons. The number of ether oxygens (including phenoxy) is 5. The van der Waals surface area contributed by atoms with Gasteiger partial charge in [-0.3, -0.25) is 14.4 Å². The van der Waals surface area contributed by atoms with Crippen LogP contribution in [0.2, 0.25) is 0 Å². The molecule has 1 aliphatic heterocycles. The lowest BCUT2D eigenvalue weighted by atomic mass is 10.0. The zero-order chi connectivity index (χ0) is 17.4. The normalized spacial score (nSPS) is 27.1. The van der Waals surface area contributed by atoms with Gasteiger partial charge in [-0.1, -0.05) is 0 Å². The highest BCUT2D eigenvalue weighted by Crippen LogP contribution is 2.26. The Bertz CT molecular complexity index is 427. The third kappa shape index (κ3) is 6.93. The zero-order valence-corrected chi connectivity index (χ0v) is 13.5. The minimum Gasteiger partial charge on any atom is -0.463 e. The van der Waals surface area contributed by atoms with E-state index in [0.717, 1.165) is 0 Å². The summed E-state index contributed by atoms with van der Waals surface area (Å²) in [5.74, 6) is -1.60. The van der Waals surface area contributed by atoms with Crippen LogP contribution < -0.4 is 5.73 Å². The number of esters is 3. The van der Waals surface area contributed by atoms with E-state index in [1.165, 1.54) is 20.8 Å². The summed E-state index contributed by atoms with van der Waals surface area (Å²) in [5, 5.41) is 0. The van der Waals surface area contributed by atoms with Gasteiger partial charge in [0, 0.05) is 33.7 Å². The first-order valence-corrected chi connectivity index (χ1v) is 7.28. The molecule has 0 amide bonds. The van der Waals surface area contributed by atoms with Crippen LogP contribution >= 0.6 is 0 Å². The lowest BCUT2D eigenvalue weighted by Crippen LogP contribution is -2.54. The van der Waals surface area contributed by atoms with Crippen LogP contribution in [-0.2, 0) is 38.1 Å². The molecule has 0 aromatic heterocycles. The van der Waals surface area contributed by atoms with Gasteiger partial charge in [0.25, 0.3) is 0 Å². The van der Waals surface area contributed by atoms with E-state index in [2.05, 4.69) is 0 Å². The highest BCUT2D eigenvalue weighted by Gasteiger charge is 2.44. The molecule has 1 heterocycles. The molecule has 9 nitrogen and oxygen atoms in total. The van der Waals surface area contributed by atoms with Crippen LogP contribution in [0.15, 0.2) is 0 Å². The minimum atomic E-state index is -0.895. The molecule has 1 aliphatic rings. The third-order valence-corrected chi connectivity index (χ3v) is 2.98. The highest BCUT2D eigenvalue weighted by atomic mass is 16.7. The van der Waals surface area contributed by atoms with E-state index in [1.807, 2.05) is 0 Å². The maximum atomic E-state index is 11.3. The van der Waals surface area contributed by atoms with Crippen molar-refractivity contribution >= 4 is 17.9 Å². The Balaban J connectivity index is 2.88. The van der Waals surface area contributed by atoms with E-state index in [9.17, 15) is 14.4 Å². The topological polar surface area (TPSA) is 123 Å². The van der Waals surface area contributed by atoms with Crippen molar-refractivity contribution in [2.24, 2.45) is 5.73 Å². The average molecular weight is 333 g/mol. The first-order valence-electron chi connectivity index (χ1n) is 7.28. The van der Waals surface area contributed by atoms with Crippen LogP contribution in [0, 0.1) is 0 Å². The molecule has 1 saturated heterocycles. The fraction of sp³-hybridized carbons (Fsp3) is 0.786. The Morgan fingerprint density at radius 1 is 1.09 bits per heavy atom. The predicted octanol–water partition coefficient (Wildman–Crippen LogP) is -0.497. The van der Waals surface area contributed by atoms with Gasteiger partial charge in [-0.15, -0.1) is 0 Å². The molecule has 0 aromatic carbocycles. The van der Waals surface area contributed by atoms with E-state index < -0.39 is 42.5 Å². The number of carbonyl (C=O) groups is 3. The van der Waals surface area contributed by atoms with Gasteiger partial charge in [0.2, 0.25) is 0 Å². The fourth-order valence-corrected chi connectivity index (χ4v) is 2.20. The summed E-state index contributed by atoms with van der Waals surface area (Å²) >= 11 is 0. The van der Waals surface area contributed by atoms with Gasteiger partial charge in [0.15, 0.2) is 12.4 Å². The molecule has 0 aliphatic carbocycles. The molecule has 2 N–H and O–H groups in total. The zero-order valence-electron chi connectivity index (χ0n) is 13.5. The van der Waals surface area contributed by atoms with Crippen LogP contribution in [0.5, 0.6) is 0 Å². The monoisotopic (exact) mass is 333 g/mol. The van der Waals surface area contributed by atoms with Gasteiger partial charge >= 0.3 is 17.9 Å². The van der Waals surface area contributed by atoms with Crippen molar-refractivity contribution in [3.05, 3.63) is 0 Å². The number of nitrogens with two attached hydrogens (primary N) is 1. The molecule has 1 rings (SSSR count). The van der Waals surface area contributed by atoms with Crippen LogP contribution in [0.3, 0.4) is 0 Å². The Hall–Kier alpha value is -1.71. The number of rotatable bonds is 7. The second-order valence-corrected chi connectivity index (χ2v) is 5.02. The first-order chi connectivity index (χ1) is 10.8. The second-order valence-electron chi connectivity index (χ2n) is 5.02. The SMILES string of the molecule is CC(=O)OC[C@H]1OC(OCCN)C[C@@H](OC(C)=O)[C@@H]1OC(C)=O. The molecule has 23 heavy (non-hydrogen) atoms. The summed E-state index contributed by atoms with van der Waals surface area (Å²) in [7, 11) is 0. The largest absolute Gasteiger partial charge is 0.463 e. The summed E-state index contributed by atoms with van der Waals surface area (Å²) in [5.41, 5.74) is 5.38. The lowest BCUT2D eigenvalue weighted by Gasteiger charge is -2.39. The molecular formula is C14H23NO8. The molecule has 1 fully saturated rings. The molecule has 4 atom stereocenters. The van der Waals surface area contributed by atoms with Crippen molar-refractivity contribution in [3.63, 3.8) is 0 Å². The van der Waals surface area contributed by atoms with Crippen LogP contribution in [0.4, 0.5) is 0 Å². The van der Waals surface area contributed by atoms with Crippen LogP contribution in [0.25, 0.3) is 0 Å². The highest BCUT2D eigenvalue weighted by molar-refractivity contribution is 5.67. The average Bonchev–Trinajstić information content (AvgIpc) is 2.44. The van der Waals surface area contributed by atoms with Gasteiger partial charge in [-0.2, -0.15) is 0 Å². The quantitative estimate of drug-likeness (QED) is 0.485. The molecule has 1 unspecified atom stereocenters. The van der Waals surface area contributed by atoms with Crippen molar-refractivity contribution in [1.29, 1.82) is 0 Å². The molecule has 0 aromatic rings. The smallest absolute Gasteiger partial charge is 0.303 e. The summed E-state index contributed by atoms with van der Waals surface area (Å²) in [4.78, 5) is 33.6. The van der Waals surface area contributed by atoms with Crippen molar-refractivity contribution in [2.75, 3.05) is 19.8 Å². The van der Waals surface area contributed by atoms with Gasteiger partial charge in [-0.25, -0.2) is 0 Å². The third-order valence-electron chi connectivity index (χ3n) is 2.98. The maximum absolute atomic E-state index is 11.3. The summed E-state index contributed by atoms with van der Waals surface area (Å²) < 4.78 is 26.4.